The highest BCUT2D eigenvalue weighted by atomic mass is 79.9. The molecule has 1 aromatic carbocycles. The molecule has 0 fully saturated rings. The Labute approximate surface area is 120 Å². The predicted molar refractivity (Wildman–Crippen MR) is 73.8 cm³/mol. The average Bonchev–Trinajstić information content (AvgIpc) is 2.54. The van der Waals surface area contributed by atoms with Crippen LogP contribution in [-0.4, -0.2) is 17.6 Å². The number of anilines is 1. The third-order valence-corrected chi connectivity index (χ3v) is 4.51. The van der Waals surface area contributed by atoms with E-state index in [1.807, 2.05) is 0 Å². The third-order valence-electron chi connectivity index (χ3n) is 2.51. The maximum atomic E-state index is 11.8. The van der Waals surface area contributed by atoms with E-state index in [4.69, 9.17) is 0 Å². The highest BCUT2D eigenvalue weighted by Gasteiger charge is 2.36. The molecule has 2 rings (SSSR count). The number of halogens is 2. The molecule has 2 amide bonds. The van der Waals surface area contributed by atoms with Crippen LogP contribution in [0.3, 0.4) is 0 Å². The molecule has 0 bridgehead atoms. The van der Waals surface area contributed by atoms with Crippen LogP contribution in [0.15, 0.2) is 33.2 Å². The molecule has 0 N–H and O–H groups in total. The number of benzene rings is 1. The van der Waals surface area contributed by atoms with Crippen LogP contribution in [0, 0.1) is 0 Å². The number of imide groups is 1. The van der Waals surface area contributed by atoms with Crippen molar-refractivity contribution in [2.45, 2.75) is 6.92 Å². The van der Waals surface area contributed by atoms with E-state index in [-0.39, 0.29) is 14.7 Å². The Bertz CT molecular complexity index is 566. The van der Waals surface area contributed by atoms with E-state index < -0.39 is 11.8 Å². The van der Waals surface area contributed by atoms with Crippen molar-refractivity contribution in [2.75, 3.05) is 4.90 Å². The van der Waals surface area contributed by atoms with Crippen molar-refractivity contribution in [1.82, 2.24) is 0 Å². The zero-order valence-electron chi connectivity index (χ0n) is 9.24. The Hall–Kier alpha value is -1.27. The molecule has 1 heterocycles. The molecule has 0 atom stereocenters. The van der Waals surface area contributed by atoms with Crippen molar-refractivity contribution in [3.63, 3.8) is 0 Å². The van der Waals surface area contributed by atoms with Crippen molar-refractivity contribution in [3.05, 3.63) is 38.8 Å². The second-order valence-corrected chi connectivity index (χ2v) is 5.26. The number of carbonyl (C=O) groups excluding carboxylic acids is 3. The lowest BCUT2D eigenvalue weighted by Crippen LogP contribution is -2.30. The predicted octanol–water partition coefficient (Wildman–Crippen LogP) is 2.76. The first-order valence-electron chi connectivity index (χ1n) is 4.98. The van der Waals surface area contributed by atoms with E-state index in [1.165, 1.54) is 6.92 Å². The van der Waals surface area contributed by atoms with Gasteiger partial charge in [-0.25, -0.2) is 4.90 Å². The molecule has 6 heteroatoms. The molecule has 0 unspecified atom stereocenters. The Kier molecular flexibility index (Phi) is 3.49. The minimum absolute atomic E-state index is 0.0684. The molecule has 18 heavy (non-hydrogen) atoms. The van der Waals surface area contributed by atoms with Crippen LogP contribution in [0.4, 0.5) is 5.69 Å². The first-order valence-corrected chi connectivity index (χ1v) is 6.57. The summed E-state index contributed by atoms with van der Waals surface area (Å²) in [4.78, 5) is 35.9. The quantitative estimate of drug-likeness (QED) is 0.592. The maximum absolute atomic E-state index is 11.8. The van der Waals surface area contributed by atoms with Crippen molar-refractivity contribution in [1.29, 1.82) is 0 Å². The fourth-order valence-corrected chi connectivity index (χ4v) is 2.25. The molecular weight excluding hydrogens is 366 g/mol. The van der Waals surface area contributed by atoms with Crippen LogP contribution in [-0.2, 0) is 9.59 Å². The fraction of sp³-hybridized carbons (Fsp3) is 0.0833. The number of hydrogen-bond acceptors (Lipinski definition) is 3. The van der Waals surface area contributed by atoms with Crippen LogP contribution in [0.5, 0.6) is 0 Å². The van der Waals surface area contributed by atoms with Gasteiger partial charge in [-0.15, -0.1) is 0 Å². The van der Waals surface area contributed by atoms with Gasteiger partial charge in [0.05, 0.1) is 5.69 Å². The zero-order valence-corrected chi connectivity index (χ0v) is 12.4. The van der Waals surface area contributed by atoms with Gasteiger partial charge >= 0.3 is 0 Å². The molecule has 1 aliphatic heterocycles. The summed E-state index contributed by atoms with van der Waals surface area (Å²) in [6.07, 6.45) is 0. The Morgan fingerprint density at radius 1 is 1.00 bits per heavy atom. The highest BCUT2D eigenvalue weighted by Crippen LogP contribution is 2.33. The summed E-state index contributed by atoms with van der Waals surface area (Å²) < 4.78 is 0.395. The minimum Gasteiger partial charge on any atom is -0.295 e. The first kappa shape index (κ1) is 13.2. The van der Waals surface area contributed by atoms with Gasteiger partial charge in [0.1, 0.15) is 8.96 Å². The number of amides is 2. The van der Waals surface area contributed by atoms with Gasteiger partial charge in [0.2, 0.25) is 0 Å². The standard InChI is InChI=1S/C12H7Br2NO3/c1-6(16)7-2-4-8(5-3-7)15-11(17)9(13)10(14)12(15)18/h2-5H,1H3. The summed E-state index contributed by atoms with van der Waals surface area (Å²) >= 11 is 6.10. The third kappa shape index (κ3) is 2.06. The first-order chi connectivity index (χ1) is 8.43. The number of rotatable bonds is 2. The number of ketones is 1. The summed E-state index contributed by atoms with van der Waals surface area (Å²) in [7, 11) is 0. The molecule has 0 spiro atoms. The minimum atomic E-state index is -0.428. The van der Waals surface area contributed by atoms with Crippen molar-refractivity contribution in [3.8, 4) is 0 Å². The van der Waals surface area contributed by atoms with Crippen LogP contribution >= 0.6 is 31.9 Å². The van der Waals surface area contributed by atoms with Gasteiger partial charge in [0.15, 0.2) is 5.78 Å². The normalized spacial score (nSPS) is 15.6. The molecule has 0 saturated heterocycles. The SMILES string of the molecule is CC(=O)c1ccc(N2C(=O)C(Br)=C(Br)C2=O)cc1. The molecule has 0 radical (unpaired) electrons. The second kappa shape index (κ2) is 4.78. The zero-order chi connectivity index (χ0) is 13.4. The van der Waals surface area contributed by atoms with Gasteiger partial charge < -0.3 is 0 Å². The summed E-state index contributed by atoms with van der Waals surface area (Å²) in [6, 6.07) is 6.30. The van der Waals surface area contributed by atoms with E-state index in [2.05, 4.69) is 31.9 Å². The smallest absolute Gasteiger partial charge is 0.273 e. The topological polar surface area (TPSA) is 54.5 Å². The number of carbonyl (C=O) groups is 3. The average molecular weight is 373 g/mol. The monoisotopic (exact) mass is 371 g/mol. The van der Waals surface area contributed by atoms with E-state index >= 15 is 0 Å². The lowest BCUT2D eigenvalue weighted by Gasteiger charge is -2.14. The van der Waals surface area contributed by atoms with Gasteiger partial charge in [-0.2, -0.15) is 0 Å². The highest BCUT2D eigenvalue weighted by molar-refractivity contribution is 9.14. The van der Waals surface area contributed by atoms with Crippen LogP contribution < -0.4 is 4.90 Å². The van der Waals surface area contributed by atoms with Gasteiger partial charge in [-0.05, 0) is 63.0 Å². The Balaban J connectivity index is 2.37. The van der Waals surface area contributed by atoms with E-state index in [0.29, 0.717) is 11.3 Å². The fourth-order valence-electron chi connectivity index (χ4n) is 1.56. The lowest BCUT2D eigenvalue weighted by molar-refractivity contribution is -0.120. The van der Waals surface area contributed by atoms with Crippen molar-refractivity contribution < 1.29 is 14.4 Å². The molecule has 0 saturated carbocycles. The lowest BCUT2D eigenvalue weighted by atomic mass is 10.1. The summed E-state index contributed by atoms with van der Waals surface area (Å²) in [5.41, 5.74) is 0.963. The molecule has 4 nitrogen and oxygen atoms in total. The molecule has 92 valence electrons. The van der Waals surface area contributed by atoms with E-state index in [9.17, 15) is 14.4 Å². The van der Waals surface area contributed by atoms with E-state index in [1.54, 1.807) is 24.3 Å². The number of Topliss-reactive ketones (excluding diaryl/α,β-unsaturated/α-hetero) is 1. The van der Waals surface area contributed by atoms with Crippen molar-refractivity contribution >= 4 is 55.1 Å². The molecule has 1 aromatic rings. The summed E-state index contributed by atoms with van der Waals surface area (Å²) in [5.74, 6) is -0.925. The van der Waals surface area contributed by atoms with Crippen LogP contribution in [0.2, 0.25) is 0 Å². The Morgan fingerprint density at radius 2 is 1.44 bits per heavy atom. The van der Waals surface area contributed by atoms with Gasteiger partial charge in [0, 0.05) is 5.56 Å². The summed E-state index contributed by atoms with van der Waals surface area (Å²) in [5, 5.41) is 0. The number of hydrogen-bond donors (Lipinski definition) is 0. The number of nitrogens with zero attached hydrogens (tertiary/aromatic N) is 1. The van der Waals surface area contributed by atoms with Gasteiger partial charge in [-0.3, -0.25) is 14.4 Å². The molecule has 0 aromatic heterocycles. The van der Waals surface area contributed by atoms with Gasteiger partial charge in [0.25, 0.3) is 11.8 Å². The van der Waals surface area contributed by atoms with Gasteiger partial charge in [-0.1, -0.05) is 0 Å². The molecular formula is C12H7Br2NO3. The maximum Gasteiger partial charge on any atom is 0.273 e. The van der Waals surface area contributed by atoms with Crippen molar-refractivity contribution in [2.24, 2.45) is 0 Å². The molecule has 1 aliphatic rings. The summed E-state index contributed by atoms with van der Waals surface area (Å²) in [6.45, 7) is 1.45. The van der Waals surface area contributed by atoms with Crippen LogP contribution in [0.25, 0.3) is 0 Å². The Morgan fingerprint density at radius 3 is 1.83 bits per heavy atom. The largest absolute Gasteiger partial charge is 0.295 e. The second-order valence-electron chi connectivity index (χ2n) is 3.68. The van der Waals surface area contributed by atoms with Crippen LogP contribution in [0.1, 0.15) is 17.3 Å². The molecule has 0 aliphatic carbocycles. The van der Waals surface area contributed by atoms with E-state index in [0.717, 1.165) is 4.90 Å².